The molecule has 5 aliphatic rings. The van der Waals surface area contributed by atoms with Gasteiger partial charge in [-0.05, 0) is 104 Å². The third kappa shape index (κ3) is 3.21. The average Bonchev–Trinajstić information content (AvgIpc) is 2.75. The number of aliphatic hydroxyl groups excluding tert-OH is 1. The van der Waals surface area contributed by atoms with Gasteiger partial charge in [0.25, 0.3) is 0 Å². The maximum Gasteiger partial charge on any atom is 0.302 e. The van der Waals surface area contributed by atoms with Crippen molar-refractivity contribution in [3.63, 3.8) is 0 Å². The van der Waals surface area contributed by atoms with Crippen LogP contribution in [-0.2, 0) is 9.53 Å². The minimum Gasteiger partial charge on any atom is -0.462 e. The Kier molecular flexibility index (Phi) is 5.78. The van der Waals surface area contributed by atoms with Crippen LogP contribution in [0.15, 0.2) is 11.6 Å². The summed E-state index contributed by atoms with van der Waals surface area (Å²) in [5, 5.41) is 11.3. The largest absolute Gasteiger partial charge is 0.462 e. The lowest BCUT2D eigenvalue weighted by Gasteiger charge is -2.73. The Bertz CT molecular complexity index is 920. The smallest absolute Gasteiger partial charge is 0.302 e. The first kappa shape index (κ1) is 25.8. The van der Waals surface area contributed by atoms with Crippen molar-refractivity contribution >= 4 is 5.97 Å². The van der Waals surface area contributed by atoms with Gasteiger partial charge in [0.05, 0.1) is 6.10 Å². The second kappa shape index (κ2) is 7.84. The number of hydrogen-bond acceptors (Lipinski definition) is 3. The van der Waals surface area contributed by atoms with Crippen molar-refractivity contribution in [1.29, 1.82) is 0 Å². The van der Waals surface area contributed by atoms with E-state index >= 15 is 0 Å². The molecule has 1 N–H and O–H groups in total. The molecule has 0 aromatic rings. The van der Waals surface area contributed by atoms with Crippen LogP contribution in [0.4, 0.5) is 0 Å². The Morgan fingerprint density at radius 3 is 2.23 bits per heavy atom. The molecule has 4 saturated carbocycles. The lowest BCUT2D eigenvalue weighted by atomic mass is 9.31. The van der Waals surface area contributed by atoms with Crippen LogP contribution in [-0.4, -0.2) is 23.3 Å². The van der Waals surface area contributed by atoms with E-state index in [9.17, 15) is 9.90 Å². The number of carbonyl (C=O) groups excluding carboxylic acids is 1. The zero-order chi connectivity index (χ0) is 25.8. The third-order valence-corrected chi connectivity index (χ3v) is 13.9. The van der Waals surface area contributed by atoms with Crippen molar-refractivity contribution in [2.75, 3.05) is 0 Å². The van der Waals surface area contributed by atoms with Crippen molar-refractivity contribution in [2.24, 2.45) is 56.7 Å². The summed E-state index contributed by atoms with van der Waals surface area (Å²) in [4.78, 5) is 11.9. The second-order valence-electron chi connectivity index (χ2n) is 15.3. The van der Waals surface area contributed by atoms with Gasteiger partial charge < -0.3 is 9.84 Å². The monoisotopic (exact) mass is 484 g/mol. The highest BCUT2D eigenvalue weighted by Crippen LogP contribution is 2.76. The van der Waals surface area contributed by atoms with Crippen LogP contribution in [0.25, 0.3) is 0 Å². The number of esters is 1. The zero-order valence-corrected chi connectivity index (χ0v) is 24.0. The van der Waals surface area contributed by atoms with Gasteiger partial charge in [0.15, 0.2) is 0 Å². The number of allylic oxidation sites excluding steroid dienone is 1. The number of hydrogen-bond donors (Lipinski definition) is 1. The Hall–Kier alpha value is -0.830. The van der Waals surface area contributed by atoms with E-state index < -0.39 is 0 Å². The van der Waals surface area contributed by atoms with Crippen molar-refractivity contribution in [3.8, 4) is 0 Å². The highest BCUT2D eigenvalue weighted by Gasteiger charge is 2.70. The minimum atomic E-state index is -0.301. The molecule has 3 heteroatoms. The number of aliphatic hydroxyl groups is 1. The van der Waals surface area contributed by atoms with Crippen LogP contribution in [0.1, 0.15) is 114 Å². The van der Waals surface area contributed by atoms with Gasteiger partial charge >= 0.3 is 5.97 Å². The first-order valence-corrected chi connectivity index (χ1v) is 14.7. The molecule has 5 rings (SSSR count). The summed E-state index contributed by atoms with van der Waals surface area (Å²) in [6, 6.07) is 0. The van der Waals surface area contributed by atoms with E-state index in [-0.39, 0.29) is 29.0 Å². The molecule has 0 saturated heterocycles. The summed E-state index contributed by atoms with van der Waals surface area (Å²) in [6.07, 6.45) is 11.6. The fraction of sp³-hybridized carbons (Fsp3) is 0.906. The van der Waals surface area contributed by atoms with E-state index in [1.807, 2.05) is 0 Å². The second-order valence-corrected chi connectivity index (χ2v) is 15.3. The molecule has 3 nitrogen and oxygen atoms in total. The van der Waals surface area contributed by atoms with Crippen molar-refractivity contribution in [1.82, 2.24) is 0 Å². The van der Waals surface area contributed by atoms with Gasteiger partial charge in [-0.2, -0.15) is 0 Å². The molecule has 0 radical (unpaired) electrons. The van der Waals surface area contributed by atoms with E-state index in [0.717, 1.165) is 18.8 Å². The molecule has 5 aliphatic carbocycles. The summed E-state index contributed by atoms with van der Waals surface area (Å²) < 4.78 is 5.90. The lowest BCUT2D eigenvalue weighted by molar-refractivity contribution is -0.257. The fourth-order valence-corrected chi connectivity index (χ4v) is 11.7. The molecule has 0 heterocycles. The molecule has 0 bridgehead atoms. The number of ether oxygens (including phenoxy) is 1. The molecule has 4 fully saturated rings. The molecular formula is C32H52O3. The Morgan fingerprint density at radius 1 is 0.886 bits per heavy atom. The van der Waals surface area contributed by atoms with Crippen molar-refractivity contribution in [3.05, 3.63) is 11.6 Å². The van der Waals surface area contributed by atoms with E-state index in [1.165, 1.54) is 44.1 Å². The molecule has 198 valence electrons. The summed E-state index contributed by atoms with van der Waals surface area (Å²) in [7, 11) is 0. The predicted octanol–water partition coefficient (Wildman–Crippen LogP) is 7.57. The zero-order valence-electron chi connectivity index (χ0n) is 24.0. The minimum absolute atomic E-state index is 0.0114. The van der Waals surface area contributed by atoms with Gasteiger partial charge in [-0.25, -0.2) is 0 Å². The van der Waals surface area contributed by atoms with Crippen molar-refractivity contribution < 1.29 is 14.6 Å². The van der Waals surface area contributed by atoms with E-state index in [4.69, 9.17) is 4.74 Å². The van der Waals surface area contributed by atoms with E-state index in [2.05, 4.69) is 61.5 Å². The van der Waals surface area contributed by atoms with Gasteiger partial charge in [0, 0.05) is 17.8 Å². The summed E-state index contributed by atoms with van der Waals surface area (Å²) in [5.41, 5.74) is 2.38. The molecule has 0 unspecified atom stereocenters. The van der Waals surface area contributed by atoms with Crippen LogP contribution in [0.5, 0.6) is 0 Å². The number of rotatable bonds is 1. The summed E-state index contributed by atoms with van der Waals surface area (Å²) in [6.45, 7) is 21.4. The quantitative estimate of drug-likeness (QED) is 0.308. The van der Waals surface area contributed by atoms with Crippen LogP contribution < -0.4 is 0 Å². The molecule has 0 aromatic heterocycles. The van der Waals surface area contributed by atoms with Crippen LogP contribution in [0, 0.1) is 56.7 Å². The SMILES string of the molecule is CC(=O)O[C@H]1CC[C@]2(C)[C@H]3CC[C@@H]4[C@H]5[C@H](C)C(C)=C[C@H](O)[C@]5(C)CC[C@@]4(C)[C@]3(C)CC[C@H]2C1(C)C. The predicted molar refractivity (Wildman–Crippen MR) is 142 cm³/mol. The molecule has 0 amide bonds. The van der Waals surface area contributed by atoms with E-state index in [0.29, 0.717) is 39.9 Å². The van der Waals surface area contributed by atoms with Gasteiger partial charge in [-0.3, -0.25) is 4.79 Å². The Balaban J connectivity index is 1.51. The van der Waals surface area contributed by atoms with Crippen LogP contribution in [0.2, 0.25) is 0 Å². The highest BCUT2D eigenvalue weighted by molar-refractivity contribution is 5.66. The van der Waals surface area contributed by atoms with Crippen LogP contribution in [0.3, 0.4) is 0 Å². The Morgan fingerprint density at radius 2 is 1.57 bits per heavy atom. The van der Waals surface area contributed by atoms with Gasteiger partial charge in [0.2, 0.25) is 0 Å². The molecule has 0 aromatic carbocycles. The van der Waals surface area contributed by atoms with Gasteiger partial charge in [-0.1, -0.05) is 60.1 Å². The van der Waals surface area contributed by atoms with E-state index in [1.54, 1.807) is 6.92 Å². The maximum absolute atomic E-state index is 11.9. The number of carbonyl (C=O) groups is 1. The molecule has 35 heavy (non-hydrogen) atoms. The molecule has 0 aliphatic heterocycles. The first-order valence-electron chi connectivity index (χ1n) is 14.7. The van der Waals surface area contributed by atoms with Crippen molar-refractivity contribution in [2.45, 2.75) is 126 Å². The summed E-state index contributed by atoms with van der Waals surface area (Å²) >= 11 is 0. The maximum atomic E-state index is 11.9. The molecular weight excluding hydrogens is 432 g/mol. The third-order valence-electron chi connectivity index (χ3n) is 13.9. The first-order chi connectivity index (χ1) is 16.1. The fourth-order valence-electron chi connectivity index (χ4n) is 11.7. The average molecular weight is 485 g/mol. The highest BCUT2D eigenvalue weighted by atomic mass is 16.5. The van der Waals surface area contributed by atoms with Gasteiger partial charge in [-0.15, -0.1) is 0 Å². The standard InChI is InChI=1S/C32H52O3/c1-19-18-25(34)30(7)16-17-31(8)22(27(30)20(19)2)10-11-24-29(6)14-13-26(35-21(3)33)28(4,5)23(29)12-15-32(24,31)9/h18,20,22-27,34H,10-17H2,1-9H3/t20-,22-,23+,24-,25+,26+,27-,29+,30+,31-,32-/m1/s1. The summed E-state index contributed by atoms with van der Waals surface area (Å²) in [5.74, 6) is 3.00. The Labute approximate surface area is 214 Å². The normalized spacial score (nSPS) is 54.9. The molecule has 0 spiro atoms. The van der Waals surface area contributed by atoms with Crippen LogP contribution >= 0.6 is 0 Å². The topological polar surface area (TPSA) is 46.5 Å². The lowest BCUT2D eigenvalue weighted by Crippen LogP contribution is -2.68. The van der Waals surface area contributed by atoms with Gasteiger partial charge in [0.1, 0.15) is 6.10 Å². The number of fused-ring (bicyclic) bond motifs is 7. The molecule has 11 atom stereocenters.